The smallest absolute Gasteiger partial charge is 0.0418 e. The Hall–Kier alpha value is -1.02. The molecule has 1 aromatic rings. The van der Waals surface area contributed by atoms with E-state index in [2.05, 4.69) is 36.2 Å². The van der Waals surface area contributed by atoms with Crippen LogP contribution in [0.25, 0.3) is 0 Å². The van der Waals surface area contributed by atoms with Crippen molar-refractivity contribution in [1.29, 1.82) is 0 Å². The maximum atomic E-state index is 3.60. The lowest BCUT2D eigenvalue weighted by Gasteiger charge is -2.39. The van der Waals surface area contributed by atoms with Gasteiger partial charge >= 0.3 is 0 Å². The monoisotopic (exact) mass is 244 g/mol. The van der Waals surface area contributed by atoms with Gasteiger partial charge in [0, 0.05) is 18.3 Å². The van der Waals surface area contributed by atoms with Gasteiger partial charge in [0.15, 0.2) is 0 Å². The Bertz CT molecular complexity index is 433. The number of nitrogens with one attached hydrogen (secondary N) is 1. The SMILES string of the molecule is Cc1cc(C)c2c(c1)C(N1CCCCC1)CCN2. The Balaban J connectivity index is 1.95. The Labute approximate surface area is 110 Å². The Morgan fingerprint density at radius 1 is 1.11 bits per heavy atom. The lowest BCUT2D eigenvalue weighted by molar-refractivity contribution is 0.156. The Kier molecular flexibility index (Phi) is 3.29. The van der Waals surface area contributed by atoms with E-state index in [0.29, 0.717) is 6.04 Å². The summed E-state index contributed by atoms with van der Waals surface area (Å²) >= 11 is 0. The van der Waals surface area contributed by atoms with E-state index in [-0.39, 0.29) is 0 Å². The van der Waals surface area contributed by atoms with E-state index < -0.39 is 0 Å². The van der Waals surface area contributed by atoms with Crippen LogP contribution in [0.1, 0.15) is 48.4 Å². The predicted molar refractivity (Wildman–Crippen MR) is 77.2 cm³/mol. The number of rotatable bonds is 1. The fourth-order valence-corrected chi connectivity index (χ4v) is 3.60. The molecule has 2 heteroatoms. The maximum absolute atomic E-state index is 3.60. The van der Waals surface area contributed by atoms with Gasteiger partial charge in [-0.1, -0.05) is 24.1 Å². The topological polar surface area (TPSA) is 15.3 Å². The van der Waals surface area contributed by atoms with E-state index in [0.717, 1.165) is 6.54 Å². The van der Waals surface area contributed by atoms with E-state index in [1.807, 2.05) is 0 Å². The largest absolute Gasteiger partial charge is 0.384 e. The lowest BCUT2D eigenvalue weighted by Crippen LogP contribution is -2.37. The average molecular weight is 244 g/mol. The van der Waals surface area contributed by atoms with Crippen LogP contribution in [-0.2, 0) is 0 Å². The first kappa shape index (κ1) is 12.0. The molecule has 0 spiro atoms. The minimum Gasteiger partial charge on any atom is -0.384 e. The van der Waals surface area contributed by atoms with Crippen LogP contribution in [0.15, 0.2) is 12.1 Å². The summed E-state index contributed by atoms with van der Waals surface area (Å²) in [5.41, 5.74) is 5.76. The third kappa shape index (κ3) is 2.14. The fraction of sp³-hybridized carbons (Fsp3) is 0.625. The number of likely N-dealkylation sites (tertiary alicyclic amines) is 1. The molecule has 1 aromatic carbocycles. The molecule has 0 aromatic heterocycles. The Morgan fingerprint density at radius 3 is 2.67 bits per heavy atom. The maximum Gasteiger partial charge on any atom is 0.0418 e. The molecular formula is C16H24N2. The third-order valence-corrected chi connectivity index (χ3v) is 4.42. The summed E-state index contributed by atoms with van der Waals surface area (Å²) < 4.78 is 0. The van der Waals surface area contributed by atoms with E-state index in [4.69, 9.17) is 0 Å². The van der Waals surface area contributed by atoms with Gasteiger partial charge in [-0.15, -0.1) is 0 Å². The molecule has 2 heterocycles. The average Bonchev–Trinajstić information content (AvgIpc) is 2.39. The fourth-order valence-electron chi connectivity index (χ4n) is 3.60. The molecule has 1 unspecified atom stereocenters. The highest BCUT2D eigenvalue weighted by Crippen LogP contribution is 2.37. The summed E-state index contributed by atoms with van der Waals surface area (Å²) in [6, 6.07) is 5.35. The number of aryl methyl sites for hydroxylation is 2. The molecule has 0 amide bonds. The molecule has 98 valence electrons. The number of anilines is 1. The van der Waals surface area contributed by atoms with E-state index in [9.17, 15) is 0 Å². The first-order valence-corrected chi connectivity index (χ1v) is 7.35. The minimum atomic E-state index is 0.653. The molecule has 0 saturated carbocycles. The van der Waals surface area contributed by atoms with Crippen molar-refractivity contribution in [2.45, 2.75) is 45.6 Å². The van der Waals surface area contributed by atoms with Crippen LogP contribution >= 0.6 is 0 Å². The van der Waals surface area contributed by atoms with Gasteiger partial charge in [0.05, 0.1) is 0 Å². The van der Waals surface area contributed by atoms with Gasteiger partial charge in [-0.3, -0.25) is 4.90 Å². The summed E-state index contributed by atoms with van der Waals surface area (Å²) in [5, 5.41) is 3.60. The summed E-state index contributed by atoms with van der Waals surface area (Å²) in [5.74, 6) is 0. The second-order valence-corrected chi connectivity index (χ2v) is 5.87. The number of hydrogen-bond donors (Lipinski definition) is 1. The van der Waals surface area contributed by atoms with Crippen molar-refractivity contribution in [3.8, 4) is 0 Å². The number of piperidine rings is 1. The highest BCUT2D eigenvalue weighted by Gasteiger charge is 2.27. The minimum absolute atomic E-state index is 0.653. The van der Waals surface area contributed by atoms with Crippen LogP contribution in [0, 0.1) is 13.8 Å². The van der Waals surface area contributed by atoms with Gasteiger partial charge in [0.2, 0.25) is 0 Å². The van der Waals surface area contributed by atoms with Crippen molar-refractivity contribution in [3.63, 3.8) is 0 Å². The quantitative estimate of drug-likeness (QED) is 0.811. The standard InChI is InChI=1S/C16H24N2/c1-12-10-13(2)16-14(11-12)15(6-7-17-16)18-8-4-3-5-9-18/h10-11,15,17H,3-9H2,1-2H3. The molecule has 1 N–H and O–H groups in total. The first-order valence-electron chi connectivity index (χ1n) is 7.35. The summed E-state index contributed by atoms with van der Waals surface area (Å²) in [4.78, 5) is 2.71. The molecule has 1 fully saturated rings. The molecule has 18 heavy (non-hydrogen) atoms. The normalized spacial score (nSPS) is 24.4. The van der Waals surface area contributed by atoms with Gasteiger partial charge in [0.1, 0.15) is 0 Å². The van der Waals surface area contributed by atoms with Crippen molar-refractivity contribution in [2.75, 3.05) is 25.0 Å². The number of hydrogen-bond acceptors (Lipinski definition) is 2. The van der Waals surface area contributed by atoms with Gasteiger partial charge in [0.25, 0.3) is 0 Å². The van der Waals surface area contributed by atoms with Crippen molar-refractivity contribution < 1.29 is 0 Å². The van der Waals surface area contributed by atoms with Crippen LogP contribution in [0.4, 0.5) is 5.69 Å². The molecule has 2 nitrogen and oxygen atoms in total. The second-order valence-electron chi connectivity index (χ2n) is 5.87. The van der Waals surface area contributed by atoms with Gasteiger partial charge in [-0.25, -0.2) is 0 Å². The molecule has 0 radical (unpaired) electrons. The van der Waals surface area contributed by atoms with E-state index in [1.165, 1.54) is 55.6 Å². The number of nitrogens with zero attached hydrogens (tertiary/aromatic N) is 1. The molecule has 2 aliphatic rings. The molecule has 1 saturated heterocycles. The van der Waals surface area contributed by atoms with Crippen molar-refractivity contribution in [3.05, 3.63) is 28.8 Å². The molecule has 3 rings (SSSR count). The second kappa shape index (κ2) is 4.93. The predicted octanol–water partition coefficient (Wildman–Crippen LogP) is 3.65. The van der Waals surface area contributed by atoms with Crippen LogP contribution in [0.3, 0.4) is 0 Å². The van der Waals surface area contributed by atoms with Crippen LogP contribution in [0.5, 0.6) is 0 Å². The lowest BCUT2D eigenvalue weighted by atomic mass is 9.91. The molecule has 2 aliphatic heterocycles. The summed E-state index contributed by atoms with van der Waals surface area (Å²) in [6.07, 6.45) is 5.44. The van der Waals surface area contributed by atoms with Crippen molar-refractivity contribution >= 4 is 5.69 Å². The first-order chi connectivity index (χ1) is 8.75. The zero-order valence-electron chi connectivity index (χ0n) is 11.6. The van der Waals surface area contributed by atoms with Crippen molar-refractivity contribution in [1.82, 2.24) is 4.90 Å². The molecule has 0 bridgehead atoms. The zero-order chi connectivity index (χ0) is 12.5. The van der Waals surface area contributed by atoms with Gasteiger partial charge in [-0.05, 0) is 57.3 Å². The van der Waals surface area contributed by atoms with Crippen molar-refractivity contribution in [2.24, 2.45) is 0 Å². The summed E-state index contributed by atoms with van der Waals surface area (Å²) in [6.45, 7) is 8.15. The third-order valence-electron chi connectivity index (χ3n) is 4.42. The van der Waals surface area contributed by atoms with E-state index >= 15 is 0 Å². The highest BCUT2D eigenvalue weighted by atomic mass is 15.2. The number of benzene rings is 1. The Morgan fingerprint density at radius 2 is 1.89 bits per heavy atom. The zero-order valence-corrected chi connectivity index (χ0v) is 11.6. The highest BCUT2D eigenvalue weighted by molar-refractivity contribution is 5.61. The molecule has 0 aliphatic carbocycles. The number of fused-ring (bicyclic) bond motifs is 1. The van der Waals surface area contributed by atoms with Crippen LogP contribution in [0.2, 0.25) is 0 Å². The molecule has 1 atom stereocenters. The van der Waals surface area contributed by atoms with Gasteiger partial charge < -0.3 is 5.32 Å². The van der Waals surface area contributed by atoms with E-state index in [1.54, 1.807) is 5.56 Å². The van der Waals surface area contributed by atoms with Crippen LogP contribution in [-0.4, -0.2) is 24.5 Å². The van der Waals surface area contributed by atoms with Gasteiger partial charge in [-0.2, -0.15) is 0 Å². The summed E-state index contributed by atoms with van der Waals surface area (Å²) in [7, 11) is 0. The molecular weight excluding hydrogens is 220 g/mol. The van der Waals surface area contributed by atoms with Crippen LogP contribution < -0.4 is 5.32 Å².